The molecular formula is C23H29FN2O3S2. The van der Waals surface area contributed by atoms with E-state index in [4.69, 9.17) is 4.74 Å². The summed E-state index contributed by atoms with van der Waals surface area (Å²) in [5.41, 5.74) is 1.73. The Kier molecular flexibility index (Phi) is 6.62. The molecule has 3 aliphatic rings. The summed E-state index contributed by atoms with van der Waals surface area (Å²) >= 11 is 1.28. The SMILES string of the molecule is CC1CCN(CCC=C2C3=C(C=CC(S(=O)(=O)N(C)C)S3)Oc3cc(F)ccc32)CC1. The fourth-order valence-electron chi connectivity index (χ4n) is 4.02. The molecule has 0 bridgehead atoms. The lowest BCUT2D eigenvalue weighted by molar-refractivity contribution is 0.195. The first-order valence-corrected chi connectivity index (χ1v) is 13.0. The molecule has 0 spiro atoms. The summed E-state index contributed by atoms with van der Waals surface area (Å²) in [7, 11) is -0.395. The van der Waals surface area contributed by atoms with Crippen LogP contribution in [-0.4, -0.2) is 55.9 Å². The first kappa shape index (κ1) is 22.6. The molecule has 8 heteroatoms. The van der Waals surface area contributed by atoms with E-state index in [0.717, 1.165) is 48.0 Å². The van der Waals surface area contributed by atoms with Crippen LogP contribution in [0.1, 0.15) is 31.7 Å². The summed E-state index contributed by atoms with van der Waals surface area (Å²) in [4.78, 5) is 3.27. The Labute approximate surface area is 188 Å². The largest absolute Gasteiger partial charge is 0.455 e. The molecule has 1 atom stereocenters. The molecule has 0 aliphatic carbocycles. The molecule has 0 amide bonds. The second-order valence-electron chi connectivity index (χ2n) is 8.54. The van der Waals surface area contributed by atoms with E-state index in [1.165, 1.54) is 41.0 Å². The minimum atomic E-state index is -3.48. The van der Waals surface area contributed by atoms with Crippen molar-refractivity contribution >= 4 is 27.4 Å². The highest BCUT2D eigenvalue weighted by molar-refractivity contribution is 8.15. The van der Waals surface area contributed by atoms with Crippen LogP contribution in [0.3, 0.4) is 0 Å². The number of rotatable bonds is 5. The third kappa shape index (κ3) is 4.77. The lowest BCUT2D eigenvalue weighted by Crippen LogP contribution is -2.33. The van der Waals surface area contributed by atoms with Gasteiger partial charge in [0, 0.05) is 32.3 Å². The zero-order chi connectivity index (χ0) is 22.2. The summed E-state index contributed by atoms with van der Waals surface area (Å²) in [6, 6.07) is 4.53. The van der Waals surface area contributed by atoms with E-state index >= 15 is 0 Å². The Hall–Kier alpha value is -1.61. The molecule has 3 heterocycles. The van der Waals surface area contributed by atoms with Gasteiger partial charge in [-0.05, 0) is 62.1 Å². The highest BCUT2D eigenvalue weighted by Crippen LogP contribution is 2.48. The maximum atomic E-state index is 13.8. The summed E-state index contributed by atoms with van der Waals surface area (Å²) in [5.74, 6) is 1.48. The zero-order valence-corrected chi connectivity index (χ0v) is 19.8. The van der Waals surface area contributed by atoms with Crippen LogP contribution in [0, 0.1) is 11.7 Å². The summed E-state index contributed by atoms with van der Waals surface area (Å²) in [5, 5.41) is 0. The van der Waals surface area contributed by atoms with Crippen LogP contribution in [0.4, 0.5) is 4.39 Å². The number of hydrogen-bond acceptors (Lipinski definition) is 5. The van der Waals surface area contributed by atoms with E-state index in [0.29, 0.717) is 11.5 Å². The van der Waals surface area contributed by atoms with Gasteiger partial charge in [-0.15, -0.1) is 0 Å². The summed E-state index contributed by atoms with van der Waals surface area (Å²) in [6.45, 7) is 5.49. The van der Waals surface area contributed by atoms with E-state index in [1.54, 1.807) is 32.3 Å². The molecule has 1 aromatic rings. The van der Waals surface area contributed by atoms with Gasteiger partial charge < -0.3 is 9.64 Å². The third-order valence-electron chi connectivity index (χ3n) is 6.03. The van der Waals surface area contributed by atoms with Crippen LogP contribution in [0.2, 0.25) is 0 Å². The van der Waals surface area contributed by atoms with Gasteiger partial charge in [0.15, 0.2) is 0 Å². The van der Waals surface area contributed by atoms with Crippen molar-refractivity contribution in [2.24, 2.45) is 5.92 Å². The van der Waals surface area contributed by atoms with Crippen LogP contribution in [-0.2, 0) is 10.0 Å². The number of thioether (sulfide) groups is 1. The van der Waals surface area contributed by atoms with Crippen molar-refractivity contribution in [1.82, 2.24) is 9.21 Å². The van der Waals surface area contributed by atoms with Crippen LogP contribution in [0.15, 0.2) is 47.1 Å². The minimum absolute atomic E-state index is 0.356. The Balaban J connectivity index is 1.61. The Bertz CT molecular complexity index is 1040. The second-order valence-corrected chi connectivity index (χ2v) is 12.3. The first-order valence-electron chi connectivity index (χ1n) is 10.7. The van der Waals surface area contributed by atoms with Crippen molar-refractivity contribution in [3.8, 4) is 5.75 Å². The fourth-order valence-corrected chi connectivity index (χ4v) is 6.94. The van der Waals surface area contributed by atoms with E-state index in [2.05, 4.69) is 17.9 Å². The Morgan fingerprint density at radius 2 is 2.03 bits per heavy atom. The Morgan fingerprint density at radius 3 is 2.74 bits per heavy atom. The molecule has 1 fully saturated rings. The number of nitrogens with zero attached hydrogens (tertiary/aromatic N) is 2. The fraction of sp³-hybridized carbons (Fsp3) is 0.478. The van der Waals surface area contributed by atoms with Gasteiger partial charge in [-0.2, -0.15) is 0 Å². The molecule has 4 rings (SSSR count). The van der Waals surface area contributed by atoms with Gasteiger partial charge in [0.25, 0.3) is 0 Å². The number of benzene rings is 1. The molecule has 3 aliphatic heterocycles. The van der Waals surface area contributed by atoms with Crippen LogP contribution < -0.4 is 4.74 Å². The predicted molar refractivity (Wildman–Crippen MR) is 125 cm³/mol. The van der Waals surface area contributed by atoms with E-state index in [1.807, 2.05) is 0 Å². The second kappa shape index (κ2) is 9.10. The van der Waals surface area contributed by atoms with Crippen LogP contribution in [0.25, 0.3) is 5.57 Å². The molecule has 0 aromatic heterocycles. The summed E-state index contributed by atoms with van der Waals surface area (Å²) < 4.78 is 45.8. The molecule has 1 unspecified atom stereocenters. The monoisotopic (exact) mass is 464 g/mol. The smallest absolute Gasteiger partial charge is 0.229 e. The molecule has 31 heavy (non-hydrogen) atoms. The van der Waals surface area contributed by atoms with Gasteiger partial charge in [0.1, 0.15) is 21.9 Å². The lowest BCUT2D eigenvalue weighted by Gasteiger charge is -2.31. The molecule has 0 saturated carbocycles. The van der Waals surface area contributed by atoms with Gasteiger partial charge in [0.2, 0.25) is 10.0 Å². The zero-order valence-electron chi connectivity index (χ0n) is 18.2. The quantitative estimate of drug-likeness (QED) is 0.644. The lowest BCUT2D eigenvalue weighted by atomic mass is 9.98. The van der Waals surface area contributed by atoms with Gasteiger partial charge in [-0.25, -0.2) is 17.1 Å². The minimum Gasteiger partial charge on any atom is -0.455 e. The average Bonchev–Trinajstić information content (AvgIpc) is 2.74. The molecular weight excluding hydrogens is 435 g/mol. The highest BCUT2D eigenvalue weighted by atomic mass is 32.3. The molecule has 5 nitrogen and oxygen atoms in total. The highest BCUT2D eigenvalue weighted by Gasteiger charge is 2.35. The first-order chi connectivity index (χ1) is 14.8. The van der Waals surface area contributed by atoms with E-state index in [-0.39, 0.29) is 5.82 Å². The van der Waals surface area contributed by atoms with Gasteiger partial charge in [-0.1, -0.05) is 30.8 Å². The van der Waals surface area contributed by atoms with Crippen LogP contribution >= 0.6 is 11.8 Å². The van der Waals surface area contributed by atoms with Crippen molar-refractivity contribution in [3.63, 3.8) is 0 Å². The van der Waals surface area contributed by atoms with Gasteiger partial charge in [-0.3, -0.25) is 0 Å². The van der Waals surface area contributed by atoms with Crippen molar-refractivity contribution in [3.05, 3.63) is 58.5 Å². The van der Waals surface area contributed by atoms with E-state index < -0.39 is 14.6 Å². The number of piperidine rings is 1. The van der Waals surface area contributed by atoms with Crippen molar-refractivity contribution in [2.75, 3.05) is 33.7 Å². The summed E-state index contributed by atoms with van der Waals surface area (Å²) in [6.07, 6.45) is 8.78. The average molecular weight is 465 g/mol. The van der Waals surface area contributed by atoms with Crippen LogP contribution in [0.5, 0.6) is 5.75 Å². The van der Waals surface area contributed by atoms with Crippen molar-refractivity contribution < 1.29 is 17.5 Å². The Morgan fingerprint density at radius 1 is 1.29 bits per heavy atom. The van der Waals surface area contributed by atoms with E-state index in [9.17, 15) is 12.8 Å². The standard InChI is InChI=1S/C23H29FN2O3S2/c1-16-10-13-26(14-11-16)12-4-5-19-18-7-6-17(24)15-21(18)29-20-8-9-22(30-23(19)20)31(27,28)25(2)3/h5-9,15-16,22H,4,10-14H2,1-3H3. The number of hydrogen-bond donors (Lipinski definition) is 0. The molecule has 1 saturated heterocycles. The molecule has 1 aromatic carbocycles. The topological polar surface area (TPSA) is 49.9 Å². The maximum absolute atomic E-state index is 13.8. The number of likely N-dealkylation sites (tertiary alicyclic amines) is 1. The number of halogens is 1. The maximum Gasteiger partial charge on any atom is 0.229 e. The molecule has 168 valence electrons. The molecule has 0 radical (unpaired) electrons. The number of allylic oxidation sites excluding steroid dienone is 2. The number of fused-ring (bicyclic) bond motifs is 1. The third-order valence-corrected chi connectivity index (χ3v) is 9.86. The number of ether oxygens (including phenoxy) is 1. The van der Waals surface area contributed by atoms with Gasteiger partial charge >= 0.3 is 0 Å². The molecule has 0 N–H and O–H groups in total. The van der Waals surface area contributed by atoms with Gasteiger partial charge in [0.05, 0.1) is 4.91 Å². The van der Waals surface area contributed by atoms with Crippen molar-refractivity contribution in [1.29, 1.82) is 0 Å². The predicted octanol–water partition coefficient (Wildman–Crippen LogP) is 4.46. The normalized spacial score (nSPS) is 23.8. The number of sulfonamides is 1. The van der Waals surface area contributed by atoms with Crippen molar-refractivity contribution in [2.45, 2.75) is 30.8 Å².